The van der Waals surface area contributed by atoms with Crippen LogP contribution in [-0.2, 0) is 9.84 Å². The summed E-state index contributed by atoms with van der Waals surface area (Å²) in [5.41, 5.74) is 3.70. The number of sulfone groups is 1. The van der Waals surface area contributed by atoms with Crippen molar-refractivity contribution in [3.05, 3.63) is 17.5 Å². The molecule has 14 heavy (non-hydrogen) atoms. The number of carbonyl (C=O) groups excluding carboxylic acids is 1. The van der Waals surface area contributed by atoms with Crippen LogP contribution in [0.5, 0.6) is 0 Å². The van der Waals surface area contributed by atoms with Crippen LogP contribution in [0.3, 0.4) is 0 Å². The Kier molecular flexibility index (Phi) is 1.64. The molecule has 0 aromatic carbocycles. The minimum absolute atomic E-state index is 0.566. The van der Waals surface area contributed by atoms with Crippen LogP contribution < -0.4 is 5.73 Å². The van der Waals surface area contributed by atoms with E-state index in [-0.39, 0.29) is 0 Å². The summed E-state index contributed by atoms with van der Waals surface area (Å²) in [6.45, 7) is -2.72. The van der Waals surface area contributed by atoms with Crippen molar-refractivity contribution < 1.29 is 17.3 Å². The largest absolute Gasteiger partial charge is 0.364 e. The highest BCUT2D eigenvalue weighted by atomic mass is 32.2. The van der Waals surface area contributed by atoms with E-state index in [1.807, 2.05) is 0 Å². The van der Waals surface area contributed by atoms with Crippen LogP contribution >= 0.6 is 0 Å². The van der Waals surface area contributed by atoms with Crippen LogP contribution in [0, 0.1) is 6.85 Å². The lowest BCUT2D eigenvalue weighted by molar-refractivity contribution is 0.0991. The Morgan fingerprint density at radius 1 is 1.64 bits per heavy atom. The highest BCUT2D eigenvalue weighted by Gasteiger charge is 2.21. The molecule has 0 radical (unpaired) electrons. The first-order chi connectivity index (χ1) is 7.55. The van der Waals surface area contributed by atoms with Gasteiger partial charge in [-0.25, -0.2) is 8.42 Å². The van der Waals surface area contributed by atoms with Gasteiger partial charge in [0.2, 0.25) is 0 Å². The van der Waals surface area contributed by atoms with Gasteiger partial charge < -0.3 is 5.73 Å². The van der Waals surface area contributed by atoms with E-state index in [9.17, 15) is 13.2 Å². The third-order valence-electron chi connectivity index (χ3n) is 1.41. The molecule has 1 heterocycles. The molecule has 7 heteroatoms. The predicted molar refractivity (Wildman–Crippen MR) is 48.4 cm³/mol. The van der Waals surface area contributed by atoms with Crippen LogP contribution in [0.1, 0.15) is 20.2 Å². The van der Waals surface area contributed by atoms with Crippen molar-refractivity contribution in [2.24, 2.45) is 5.73 Å². The Morgan fingerprint density at radius 2 is 2.29 bits per heavy atom. The molecule has 6 nitrogen and oxygen atoms in total. The molecule has 0 unspecified atom stereocenters. The van der Waals surface area contributed by atoms with Gasteiger partial charge in [-0.3, -0.25) is 4.79 Å². The van der Waals surface area contributed by atoms with E-state index in [2.05, 4.69) is 10.2 Å². The van der Waals surface area contributed by atoms with Gasteiger partial charge in [-0.05, 0) is 12.4 Å². The van der Waals surface area contributed by atoms with Gasteiger partial charge in [0.1, 0.15) is 4.90 Å². The number of hydrogen-bond acceptors (Lipinski definition) is 5. The molecule has 0 aliphatic carbocycles. The van der Waals surface area contributed by atoms with Crippen molar-refractivity contribution in [2.45, 2.75) is 11.7 Å². The summed E-state index contributed by atoms with van der Waals surface area (Å²) in [5.74, 6) is -1.15. The summed E-state index contributed by atoms with van der Waals surface area (Å²) in [5, 5.41) is 6.54. The Bertz CT molecular complexity index is 567. The number of rotatable bonds is 2. The topological polar surface area (TPSA) is 103 Å². The molecule has 76 valence electrons. The minimum atomic E-state index is -3.96. The molecule has 0 saturated carbocycles. The lowest BCUT2D eigenvalue weighted by Crippen LogP contribution is -2.19. The summed E-state index contributed by atoms with van der Waals surface area (Å²) in [4.78, 5) is 10.3. The molecule has 2 N–H and O–H groups in total. The van der Waals surface area contributed by atoms with Crippen LogP contribution in [0.25, 0.3) is 0 Å². The van der Waals surface area contributed by atoms with Gasteiger partial charge in [0, 0.05) is 10.4 Å². The molecule has 0 spiro atoms. The van der Waals surface area contributed by atoms with E-state index < -0.39 is 38.7 Å². The third-order valence-corrected chi connectivity index (χ3v) is 2.56. The fraction of sp³-hybridized carbons (Fsp3) is 0.286. The molecular formula is C7H9N3O3S. The van der Waals surface area contributed by atoms with Gasteiger partial charge in [0.15, 0.2) is 15.5 Å². The van der Waals surface area contributed by atoms with Crippen molar-refractivity contribution in [1.82, 2.24) is 10.2 Å². The molecule has 0 atom stereocenters. The predicted octanol–water partition coefficient (Wildman–Crippen LogP) is -0.713. The molecule has 0 aliphatic heterocycles. The normalized spacial score (nSPS) is 15.4. The zero-order chi connectivity index (χ0) is 13.4. The van der Waals surface area contributed by atoms with Gasteiger partial charge in [0.05, 0.1) is 6.20 Å². The fourth-order valence-corrected chi connectivity index (χ4v) is 1.86. The molecule has 0 saturated heterocycles. The number of primary amides is 1. The van der Waals surface area contributed by atoms with Crippen LogP contribution in [-0.4, -0.2) is 30.8 Å². The minimum Gasteiger partial charge on any atom is -0.364 e. The number of amides is 1. The second kappa shape index (κ2) is 3.33. The van der Waals surface area contributed by atoms with E-state index in [1.165, 1.54) is 0 Å². The maximum Gasteiger partial charge on any atom is 0.270 e. The standard InChI is InChI=1S/C7H9N3O3S/c1-4-3-9-10-5(7(8)11)6(4)14(2,12)13/h3H,1-2H3,(H2,8,11)/i1D3. The summed E-state index contributed by atoms with van der Waals surface area (Å²) in [6, 6.07) is 0. The van der Waals surface area contributed by atoms with Crippen molar-refractivity contribution in [1.29, 1.82) is 0 Å². The first kappa shape index (κ1) is 6.88. The van der Waals surface area contributed by atoms with Crippen molar-refractivity contribution in [3.8, 4) is 0 Å². The van der Waals surface area contributed by atoms with Crippen molar-refractivity contribution in [2.75, 3.05) is 6.26 Å². The molecule has 1 amide bonds. The van der Waals surface area contributed by atoms with Crippen LogP contribution in [0.15, 0.2) is 11.1 Å². The Morgan fingerprint density at radius 3 is 2.71 bits per heavy atom. The molecule has 0 aliphatic rings. The number of nitrogens with zero attached hydrogens (tertiary/aromatic N) is 2. The van der Waals surface area contributed by atoms with E-state index >= 15 is 0 Å². The van der Waals surface area contributed by atoms with Crippen LogP contribution in [0.4, 0.5) is 0 Å². The van der Waals surface area contributed by atoms with E-state index in [0.29, 0.717) is 0 Å². The highest BCUT2D eigenvalue weighted by molar-refractivity contribution is 7.90. The number of aryl methyl sites for hydroxylation is 1. The molecule has 1 rings (SSSR count). The average Bonchev–Trinajstić information content (AvgIpc) is 2.13. The lowest BCUT2D eigenvalue weighted by Gasteiger charge is -2.05. The number of carbonyl (C=O) groups is 1. The number of hydrogen-bond donors (Lipinski definition) is 1. The van der Waals surface area contributed by atoms with Gasteiger partial charge >= 0.3 is 0 Å². The lowest BCUT2D eigenvalue weighted by atomic mass is 10.3. The maximum absolute atomic E-state index is 11.5. The first-order valence-electron chi connectivity index (χ1n) is 4.91. The summed E-state index contributed by atoms with van der Waals surface area (Å²) in [6.07, 6.45) is 1.56. The van der Waals surface area contributed by atoms with Gasteiger partial charge in [-0.1, -0.05) is 0 Å². The summed E-state index contributed by atoms with van der Waals surface area (Å²) < 4.78 is 44.5. The Labute approximate surface area is 85.3 Å². The number of nitrogens with two attached hydrogens (primary N) is 1. The Balaban J connectivity index is 3.77. The second-order valence-corrected chi connectivity index (χ2v) is 4.52. The van der Waals surface area contributed by atoms with E-state index in [4.69, 9.17) is 9.85 Å². The first-order valence-corrected chi connectivity index (χ1v) is 5.30. The zero-order valence-corrected chi connectivity index (χ0v) is 8.00. The van der Waals surface area contributed by atoms with Gasteiger partial charge in [-0.15, -0.1) is 5.10 Å². The summed E-state index contributed by atoms with van der Waals surface area (Å²) >= 11 is 0. The SMILES string of the molecule is [2H]C([2H])([2H])c1cnnc(C(N)=O)c1S(C)(=O)=O. The quantitative estimate of drug-likeness (QED) is 0.706. The molecule has 0 fully saturated rings. The monoisotopic (exact) mass is 218 g/mol. The Hall–Kier alpha value is -1.50. The van der Waals surface area contributed by atoms with Crippen molar-refractivity contribution >= 4 is 15.7 Å². The molecule has 0 bridgehead atoms. The molecule has 1 aromatic heterocycles. The second-order valence-electron chi connectivity index (χ2n) is 2.57. The third kappa shape index (κ3) is 1.87. The fourth-order valence-electron chi connectivity index (χ4n) is 0.912. The van der Waals surface area contributed by atoms with Crippen LogP contribution in [0.2, 0.25) is 0 Å². The summed E-state index contributed by atoms with van der Waals surface area (Å²) in [7, 11) is -3.96. The van der Waals surface area contributed by atoms with E-state index in [0.717, 1.165) is 12.5 Å². The van der Waals surface area contributed by atoms with Gasteiger partial charge in [-0.2, -0.15) is 5.10 Å². The van der Waals surface area contributed by atoms with Crippen molar-refractivity contribution in [3.63, 3.8) is 0 Å². The average molecular weight is 218 g/mol. The van der Waals surface area contributed by atoms with Gasteiger partial charge in [0.25, 0.3) is 5.91 Å². The molecule has 1 aromatic rings. The number of aromatic nitrogens is 2. The smallest absolute Gasteiger partial charge is 0.270 e. The zero-order valence-electron chi connectivity index (χ0n) is 10.2. The maximum atomic E-state index is 11.5. The van der Waals surface area contributed by atoms with E-state index in [1.54, 1.807) is 0 Å². The molecular weight excluding hydrogens is 206 g/mol. The highest BCUT2D eigenvalue weighted by Crippen LogP contribution is 2.16.